The summed E-state index contributed by atoms with van der Waals surface area (Å²) in [6.45, 7) is 2.97. The molecule has 0 saturated heterocycles. The van der Waals surface area contributed by atoms with Crippen molar-refractivity contribution in [2.75, 3.05) is 6.54 Å². The Morgan fingerprint density at radius 3 is 2.08 bits per heavy atom. The quantitative estimate of drug-likeness (QED) is 0.645. The Hall–Kier alpha value is -0.0800. The Balaban J connectivity index is 1.79. The predicted molar refractivity (Wildman–Crippen MR) is 50.9 cm³/mol. The summed E-state index contributed by atoms with van der Waals surface area (Å²) in [4.78, 5) is 0. The van der Waals surface area contributed by atoms with Crippen LogP contribution in [0, 0.1) is 11.8 Å². The van der Waals surface area contributed by atoms with Crippen LogP contribution in [0.3, 0.4) is 0 Å². The molecule has 0 spiro atoms. The summed E-state index contributed by atoms with van der Waals surface area (Å²) in [5.41, 5.74) is 5.60. The van der Waals surface area contributed by atoms with Gasteiger partial charge in [-0.25, -0.2) is 0 Å². The van der Waals surface area contributed by atoms with Crippen LogP contribution in [-0.4, -0.2) is 18.6 Å². The van der Waals surface area contributed by atoms with Gasteiger partial charge in [0.1, 0.15) is 0 Å². The number of nitrogens with one attached hydrogen (secondary N) is 1. The smallest absolute Gasteiger partial charge is 0.0164 e. The summed E-state index contributed by atoms with van der Waals surface area (Å²) < 4.78 is 0. The minimum atomic E-state index is 0.510. The molecule has 0 bridgehead atoms. The summed E-state index contributed by atoms with van der Waals surface area (Å²) in [5, 5.41) is 3.67. The van der Waals surface area contributed by atoms with Crippen molar-refractivity contribution in [2.24, 2.45) is 17.6 Å². The zero-order valence-electron chi connectivity index (χ0n) is 7.92. The van der Waals surface area contributed by atoms with E-state index in [1.807, 2.05) is 0 Å². The largest absolute Gasteiger partial charge is 0.329 e. The van der Waals surface area contributed by atoms with Gasteiger partial charge in [-0.05, 0) is 44.4 Å². The first-order chi connectivity index (χ1) is 5.81. The lowest BCUT2D eigenvalue weighted by Crippen LogP contribution is -2.43. The average molecular weight is 168 g/mol. The van der Waals surface area contributed by atoms with Gasteiger partial charge < -0.3 is 11.1 Å². The van der Waals surface area contributed by atoms with Gasteiger partial charge in [0.15, 0.2) is 0 Å². The Bertz CT molecular complexity index is 138. The molecular formula is C10H20N2. The van der Waals surface area contributed by atoms with Gasteiger partial charge in [0, 0.05) is 18.6 Å². The highest BCUT2D eigenvalue weighted by atomic mass is 15.0. The van der Waals surface area contributed by atoms with Crippen LogP contribution in [0.2, 0.25) is 0 Å². The van der Waals surface area contributed by atoms with Gasteiger partial charge in [0.2, 0.25) is 0 Å². The van der Waals surface area contributed by atoms with Crippen molar-refractivity contribution in [1.29, 1.82) is 0 Å². The maximum Gasteiger partial charge on any atom is 0.0164 e. The van der Waals surface area contributed by atoms with Crippen LogP contribution >= 0.6 is 0 Å². The molecule has 2 saturated carbocycles. The monoisotopic (exact) mass is 168 g/mol. The van der Waals surface area contributed by atoms with Crippen LogP contribution in [0.1, 0.15) is 32.6 Å². The molecule has 0 aliphatic heterocycles. The fraction of sp³-hybridized carbons (Fsp3) is 1.00. The molecule has 1 atom stereocenters. The summed E-state index contributed by atoms with van der Waals surface area (Å²) in [5.74, 6) is 1.98. The second kappa shape index (κ2) is 3.35. The van der Waals surface area contributed by atoms with Gasteiger partial charge in [0.25, 0.3) is 0 Å². The Morgan fingerprint density at radius 2 is 1.75 bits per heavy atom. The van der Waals surface area contributed by atoms with Crippen LogP contribution in [0.15, 0.2) is 0 Å². The van der Waals surface area contributed by atoms with Gasteiger partial charge in [-0.1, -0.05) is 0 Å². The fourth-order valence-electron chi connectivity index (χ4n) is 1.96. The highest BCUT2D eigenvalue weighted by Crippen LogP contribution is 2.44. The van der Waals surface area contributed by atoms with Gasteiger partial charge in [0.05, 0.1) is 0 Å². The van der Waals surface area contributed by atoms with Crippen LogP contribution in [-0.2, 0) is 0 Å². The number of rotatable bonds is 5. The van der Waals surface area contributed by atoms with Crippen molar-refractivity contribution in [3.8, 4) is 0 Å². The van der Waals surface area contributed by atoms with E-state index in [0.29, 0.717) is 6.04 Å². The first kappa shape index (κ1) is 8.52. The van der Waals surface area contributed by atoms with E-state index in [4.69, 9.17) is 5.73 Å². The van der Waals surface area contributed by atoms with Crippen molar-refractivity contribution < 1.29 is 0 Å². The molecule has 1 unspecified atom stereocenters. The third kappa shape index (κ3) is 1.99. The highest BCUT2D eigenvalue weighted by molar-refractivity contribution is 4.97. The van der Waals surface area contributed by atoms with Gasteiger partial charge in [-0.3, -0.25) is 0 Å². The van der Waals surface area contributed by atoms with E-state index >= 15 is 0 Å². The molecule has 3 N–H and O–H groups in total. The molecule has 0 aromatic rings. The van der Waals surface area contributed by atoms with Crippen molar-refractivity contribution in [3.05, 3.63) is 0 Å². The maximum absolute atomic E-state index is 5.60. The summed E-state index contributed by atoms with van der Waals surface area (Å²) in [7, 11) is 0. The second-order valence-corrected chi connectivity index (χ2v) is 4.50. The summed E-state index contributed by atoms with van der Waals surface area (Å²) >= 11 is 0. The third-order valence-corrected chi connectivity index (χ3v) is 3.09. The molecule has 0 aromatic heterocycles. The molecule has 0 heterocycles. The number of nitrogens with two attached hydrogens (primary N) is 1. The molecule has 2 nitrogen and oxygen atoms in total. The van der Waals surface area contributed by atoms with Crippen LogP contribution < -0.4 is 11.1 Å². The van der Waals surface area contributed by atoms with Crippen LogP contribution in [0.4, 0.5) is 0 Å². The lowest BCUT2D eigenvalue weighted by molar-refractivity contribution is 0.376. The van der Waals surface area contributed by atoms with E-state index in [1.54, 1.807) is 0 Å². The third-order valence-electron chi connectivity index (χ3n) is 3.09. The summed E-state index contributed by atoms with van der Waals surface area (Å²) in [6.07, 6.45) is 5.80. The zero-order chi connectivity index (χ0) is 8.55. The van der Waals surface area contributed by atoms with Crippen LogP contribution in [0.25, 0.3) is 0 Å². The highest BCUT2D eigenvalue weighted by Gasteiger charge is 2.41. The average Bonchev–Trinajstić information content (AvgIpc) is 2.87. The predicted octanol–water partition coefficient (Wildman–Crippen LogP) is 1.11. The molecule has 0 radical (unpaired) electrons. The van der Waals surface area contributed by atoms with E-state index in [0.717, 1.165) is 24.4 Å². The van der Waals surface area contributed by atoms with Gasteiger partial charge in [-0.2, -0.15) is 0 Å². The van der Waals surface area contributed by atoms with E-state index in [1.165, 1.54) is 25.7 Å². The molecule has 70 valence electrons. The molecule has 2 aliphatic carbocycles. The van der Waals surface area contributed by atoms with Crippen LogP contribution in [0.5, 0.6) is 0 Å². The molecule has 2 fully saturated rings. The van der Waals surface area contributed by atoms with Crippen molar-refractivity contribution >= 4 is 0 Å². The lowest BCUT2D eigenvalue weighted by Gasteiger charge is -2.21. The normalized spacial score (nSPS) is 26.2. The fourth-order valence-corrected chi connectivity index (χ4v) is 1.96. The Labute approximate surface area is 74.9 Å². The lowest BCUT2D eigenvalue weighted by atomic mass is 10.1. The van der Waals surface area contributed by atoms with Crippen molar-refractivity contribution in [3.63, 3.8) is 0 Å². The van der Waals surface area contributed by atoms with Gasteiger partial charge in [-0.15, -0.1) is 0 Å². The molecular weight excluding hydrogens is 148 g/mol. The molecule has 12 heavy (non-hydrogen) atoms. The zero-order valence-corrected chi connectivity index (χ0v) is 7.92. The minimum Gasteiger partial charge on any atom is -0.329 e. The minimum absolute atomic E-state index is 0.510. The van der Waals surface area contributed by atoms with E-state index < -0.39 is 0 Å². The molecule has 2 aliphatic rings. The SMILES string of the molecule is CC(CN)NC(C1CC1)C1CC1. The number of hydrogen-bond acceptors (Lipinski definition) is 2. The number of hydrogen-bond donors (Lipinski definition) is 2. The topological polar surface area (TPSA) is 38.0 Å². The Kier molecular flexibility index (Phi) is 2.37. The molecule has 0 aromatic carbocycles. The second-order valence-electron chi connectivity index (χ2n) is 4.50. The Morgan fingerprint density at radius 1 is 1.25 bits per heavy atom. The molecule has 0 amide bonds. The first-order valence-electron chi connectivity index (χ1n) is 5.27. The first-order valence-corrected chi connectivity index (χ1v) is 5.27. The molecule has 2 heteroatoms. The molecule has 2 rings (SSSR count). The standard InChI is InChI=1S/C10H20N2/c1-7(6-11)12-10(8-2-3-8)9-4-5-9/h7-10,12H,2-6,11H2,1H3. The van der Waals surface area contributed by atoms with E-state index in [9.17, 15) is 0 Å². The van der Waals surface area contributed by atoms with E-state index in [2.05, 4.69) is 12.2 Å². The maximum atomic E-state index is 5.60. The van der Waals surface area contributed by atoms with Gasteiger partial charge >= 0.3 is 0 Å². The van der Waals surface area contributed by atoms with Crippen molar-refractivity contribution in [1.82, 2.24) is 5.32 Å². The van der Waals surface area contributed by atoms with Crippen molar-refractivity contribution in [2.45, 2.75) is 44.7 Å². The summed E-state index contributed by atoms with van der Waals surface area (Å²) in [6, 6.07) is 1.32. The van der Waals surface area contributed by atoms with E-state index in [-0.39, 0.29) is 0 Å².